The SMILES string of the molecule is Brc1[c]c[nH]c1. The monoisotopic (exact) mass is 144 g/mol. The second-order valence-corrected chi connectivity index (χ2v) is 1.80. The van der Waals surface area contributed by atoms with Gasteiger partial charge in [-0.3, -0.25) is 0 Å². The minimum Gasteiger partial charge on any atom is -0.366 e. The summed E-state index contributed by atoms with van der Waals surface area (Å²) < 4.78 is 0.975. The maximum atomic E-state index is 3.19. The van der Waals surface area contributed by atoms with Gasteiger partial charge < -0.3 is 4.98 Å². The summed E-state index contributed by atoms with van der Waals surface area (Å²) in [5.41, 5.74) is 0. The van der Waals surface area contributed by atoms with Gasteiger partial charge in [0.15, 0.2) is 0 Å². The molecule has 0 atom stereocenters. The Labute approximate surface area is 44.5 Å². The van der Waals surface area contributed by atoms with E-state index in [4.69, 9.17) is 0 Å². The first-order chi connectivity index (χ1) is 2.89. The molecule has 1 heterocycles. The highest BCUT2D eigenvalue weighted by molar-refractivity contribution is 9.10. The van der Waals surface area contributed by atoms with Gasteiger partial charge in [-0.25, -0.2) is 0 Å². The lowest BCUT2D eigenvalue weighted by atomic mass is 10.7. The standard InChI is InChI=1S/C4H3BrN/c5-4-1-2-6-3-4/h2-3,6H. The molecule has 6 heavy (non-hydrogen) atoms. The third kappa shape index (κ3) is 0.627. The van der Waals surface area contributed by atoms with E-state index in [1.54, 1.807) is 6.20 Å². The number of halogens is 1. The average Bonchev–Trinajstić information content (AvgIpc) is 1.86. The minimum absolute atomic E-state index is 0.975. The second kappa shape index (κ2) is 1.47. The third-order valence-electron chi connectivity index (χ3n) is 0.503. The lowest BCUT2D eigenvalue weighted by molar-refractivity contribution is 1.41. The smallest absolute Gasteiger partial charge is 0.0429 e. The Morgan fingerprint density at radius 2 is 2.67 bits per heavy atom. The van der Waals surface area contributed by atoms with Crippen molar-refractivity contribution >= 4 is 15.9 Å². The van der Waals surface area contributed by atoms with Crippen LogP contribution in [-0.4, -0.2) is 4.98 Å². The van der Waals surface area contributed by atoms with Gasteiger partial charge in [0.1, 0.15) is 0 Å². The number of hydrogen-bond donors (Lipinski definition) is 1. The summed E-state index contributed by atoms with van der Waals surface area (Å²) >= 11 is 3.19. The van der Waals surface area contributed by atoms with Gasteiger partial charge >= 0.3 is 0 Å². The van der Waals surface area contributed by atoms with Crippen LogP contribution >= 0.6 is 15.9 Å². The number of rotatable bonds is 0. The van der Waals surface area contributed by atoms with E-state index in [0.717, 1.165) is 4.47 Å². The maximum Gasteiger partial charge on any atom is 0.0429 e. The molecule has 0 aliphatic heterocycles. The molecular weight excluding hydrogens is 142 g/mol. The molecule has 1 N–H and O–H groups in total. The van der Waals surface area contributed by atoms with Crippen LogP contribution in [0.1, 0.15) is 0 Å². The first-order valence-electron chi connectivity index (χ1n) is 1.59. The highest BCUT2D eigenvalue weighted by atomic mass is 79.9. The van der Waals surface area contributed by atoms with E-state index >= 15 is 0 Å². The average molecular weight is 145 g/mol. The Hall–Kier alpha value is -0.240. The van der Waals surface area contributed by atoms with Crippen molar-refractivity contribution in [2.75, 3.05) is 0 Å². The Morgan fingerprint density at radius 3 is 2.83 bits per heavy atom. The first-order valence-corrected chi connectivity index (χ1v) is 2.39. The quantitative estimate of drug-likeness (QED) is 0.570. The molecule has 0 aromatic carbocycles. The zero-order valence-electron chi connectivity index (χ0n) is 3.03. The fourth-order valence-corrected chi connectivity index (χ4v) is 0.514. The van der Waals surface area contributed by atoms with Gasteiger partial charge in [0, 0.05) is 22.9 Å². The predicted octanol–water partition coefficient (Wildman–Crippen LogP) is 1.58. The summed E-state index contributed by atoms with van der Waals surface area (Å²) in [7, 11) is 0. The summed E-state index contributed by atoms with van der Waals surface area (Å²) in [5.74, 6) is 0. The largest absolute Gasteiger partial charge is 0.366 e. The van der Waals surface area contributed by atoms with Crippen LogP contribution in [0.4, 0.5) is 0 Å². The number of nitrogens with one attached hydrogen (secondary N) is 1. The summed E-state index contributed by atoms with van der Waals surface area (Å²) in [6.45, 7) is 0. The first kappa shape index (κ1) is 3.93. The zero-order valence-corrected chi connectivity index (χ0v) is 4.62. The van der Waals surface area contributed by atoms with Crippen molar-refractivity contribution in [2.24, 2.45) is 0 Å². The number of aromatic nitrogens is 1. The van der Waals surface area contributed by atoms with Crippen LogP contribution in [0, 0.1) is 6.07 Å². The van der Waals surface area contributed by atoms with Crippen LogP contribution in [-0.2, 0) is 0 Å². The molecule has 0 unspecified atom stereocenters. The normalized spacial score (nSPS) is 8.83. The van der Waals surface area contributed by atoms with Crippen LogP contribution in [0.5, 0.6) is 0 Å². The van der Waals surface area contributed by atoms with E-state index in [2.05, 4.69) is 27.0 Å². The van der Waals surface area contributed by atoms with Crippen molar-refractivity contribution in [1.29, 1.82) is 0 Å². The Morgan fingerprint density at radius 1 is 1.83 bits per heavy atom. The van der Waals surface area contributed by atoms with Crippen molar-refractivity contribution < 1.29 is 0 Å². The van der Waals surface area contributed by atoms with Crippen LogP contribution < -0.4 is 0 Å². The summed E-state index contributed by atoms with van der Waals surface area (Å²) in [6, 6.07) is 2.86. The highest BCUT2D eigenvalue weighted by Gasteiger charge is 1.76. The lowest BCUT2D eigenvalue weighted by Crippen LogP contribution is -1.42. The molecule has 1 nitrogen and oxygen atoms in total. The molecule has 0 aliphatic carbocycles. The Bertz CT molecular complexity index is 111. The van der Waals surface area contributed by atoms with E-state index in [-0.39, 0.29) is 0 Å². The Kier molecular flexibility index (Phi) is 0.965. The van der Waals surface area contributed by atoms with Crippen molar-refractivity contribution in [1.82, 2.24) is 4.98 Å². The van der Waals surface area contributed by atoms with Gasteiger partial charge in [-0.05, 0) is 15.9 Å². The molecule has 0 amide bonds. The minimum atomic E-state index is 0.975. The van der Waals surface area contributed by atoms with E-state index in [9.17, 15) is 0 Å². The molecular formula is C4H3BrN. The molecule has 0 spiro atoms. The molecule has 1 aromatic heterocycles. The molecule has 2 heteroatoms. The predicted molar refractivity (Wildman–Crippen MR) is 27.3 cm³/mol. The summed E-state index contributed by atoms with van der Waals surface area (Å²) in [4.78, 5) is 2.83. The molecule has 0 saturated heterocycles. The van der Waals surface area contributed by atoms with Crippen LogP contribution in [0.25, 0.3) is 0 Å². The van der Waals surface area contributed by atoms with Gasteiger partial charge in [0.25, 0.3) is 0 Å². The summed E-state index contributed by atoms with van der Waals surface area (Å²) in [6.07, 6.45) is 3.56. The maximum absolute atomic E-state index is 3.19. The van der Waals surface area contributed by atoms with E-state index in [1.807, 2.05) is 6.20 Å². The fraction of sp³-hybridized carbons (Fsp3) is 0. The molecule has 0 fully saturated rings. The molecule has 1 radical (unpaired) electrons. The van der Waals surface area contributed by atoms with Crippen LogP contribution in [0.2, 0.25) is 0 Å². The third-order valence-corrected chi connectivity index (χ3v) is 0.961. The summed E-state index contributed by atoms with van der Waals surface area (Å²) in [5, 5.41) is 0. The zero-order chi connectivity index (χ0) is 4.41. The van der Waals surface area contributed by atoms with E-state index in [1.165, 1.54) is 0 Å². The number of aromatic amines is 1. The molecule has 1 aromatic rings. The topological polar surface area (TPSA) is 15.8 Å². The van der Waals surface area contributed by atoms with Gasteiger partial charge in [-0.15, -0.1) is 0 Å². The molecule has 0 saturated carbocycles. The second-order valence-electron chi connectivity index (χ2n) is 0.948. The Balaban J connectivity index is 3.05. The number of hydrogen-bond acceptors (Lipinski definition) is 0. The van der Waals surface area contributed by atoms with Crippen molar-refractivity contribution in [3.05, 3.63) is 22.9 Å². The lowest BCUT2D eigenvalue weighted by Gasteiger charge is -1.61. The van der Waals surface area contributed by atoms with Crippen molar-refractivity contribution in [2.45, 2.75) is 0 Å². The van der Waals surface area contributed by atoms with E-state index in [0.29, 0.717) is 0 Å². The van der Waals surface area contributed by atoms with Crippen LogP contribution in [0.3, 0.4) is 0 Å². The fourth-order valence-electron chi connectivity index (χ4n) is 0.267. The van der Waals surface area contributed by atoms with Gasteiger partial charge in [0.05, 0.1) is 0 Å². The molecule has 0 bridgehead atoms. The van der Waals surface area contributed by atoms with E-state index < -0.39 is 0 Å². The van der Waals surface area contributed by atoms with Crippen LogP contribution in [0.15, 0.2) is 16.9 Å². The van der Waals surface area contributed by atoms with Crippen molar-refractivity contribution in [3.8, 4) is 0 Å². The van der Waals surface area contributed by atoms with Crippen molar-refractivity contribution in [3.63, 3.8) is 0 Å². The highest BCUT2D eigenvalue weighted by Crippen LogP contribution is 2.02. The number of H-pyrrole nitrogens is 1. The molecule has 31 valence electrons. The molecule has 1 rings (SSSR count). The van der Waals surface area contributed by atoms with Gasteiger partial charge in [-0.1, -0.05) is 0 Å². The van der Waals surface area contributed by atoms with Gasteiger partial charge in [0.2, 0.25) is 0 Å². The molecule has 0 aliphatic rings. The van der Waals surface area contributed by atoms with Gasteiger partial charge in [-0.2, -0.15) is 0 Å².